The molecule has 2 heteroatoms. The average Bonchev–Trinajstić information content (AvgIpc) is 1.98. The molecule has 0 atom stereocenters. The summed E-state index contributed by atoms with van der Waals surface area (Å²) in [5, 5.41) is 0. The lowest BCUT2D eigenvalue weighted by Crippen LogP contribution is -1.90. The number of halogens is 1. The van der Waals surface area contributed by atoms with Gasteiger partial charge in [0.1, 0.15) is 5.83 Å². The summed E-state index contributed by atoms with van der Waals surface area (Å²) >= 11 is 0. The van der Waals surface area contributed by atoms with E-state index in [0.717, 1.165) is 6.08 Å². The summed E-state index contributed by atoms with van der Waals surface area (Å²) in [5.41, 5.74) is 0.398. The Bertz CT molecular complexity index is 180. The van der Waals surface area contributed by atoms with Crippen LogP contribution in [-0.2, 0) is 0 Å². The minimum absolute atomic E-state index is 0.367. The van der Waals surface area contributed by atoms with Crippen molar-refractivity contribution >= 4 is 6.72 Å². The van der Waals surface area contributed by atoms with Crippen molar-refractivity contribution in [3.8, 4) is 0 Å². The standard InChI is InChI=1S/C9H14FN/c1-5-8(10)9(11-4)6-7(2)3/h5,7H,1,4,6H2,2-3H3/b9-8+. The van der Waals surface area contributed by atoms with Crippen molar-refractivity contribution < 1.29 is 4.39 Å². The van der Waals surface area contributed by atoms with Gasteiger partial charge >= 0.3 is 0 Å². The molecule has 0 aliphatic heterocycles. The molecule has 0 saturated heterocycles. The molecule has 0 aliphatic rings. The second kappa shape index (κ2) is 4.83. The van der Waals surface area contributed by atoms with E-state index in [9.17, 15) is 4.39 Å². The molecule has 0 fully saturated rings. The third kappa shape index (κ3) is 3.71. The molecule has 0 saturated carbocycles. The van der Waals surface area contributed by atoms with Gasteiger partial charge in [-0.1, -0.05) is 20.4 Å². The third-order valence-electron chi connectivity index (χ3n) is 1.25. The van der Waals surface area contributed by atoms with Crippen LogP contribution in [0.3, 0.4) is 0 Å². The molecule has 62 valence electrons. The van der Waals surface area contributed by atoms with Crippen LogP contribution < -0.4 is 0 Å². The van der Waals surface area contributed by atoms with Crippen LogP contribution in [0.4, 0.5) is 4.39 Å². The maximum atomic E-state index is 12.8. The molecular formula is C9H14FN. The largest absolute Gasteiger partial charge is 0.266 e. The monoisotopic (exact) mass is 155 g/mol. The lowest BCUT2D eigenvalue weighted by atomic mass is 10.1. The summed E-state index contributed by atoms with van der Waals surface area (Å²) in [6.45, 7) is 10.6. The smallest absolute Gasteiger partial charge is 0.144 e. The predicted octanol–water partition coefficient (Wildman–Crippen LogP) is 3.10. The topological polar surface area (TPSA) is 12.4 Å². The van der Waals surface area contributed by atoms with Gasteiger partial charge in [-0.15, -0.1) is 0 Å². The molecule has 0 amide bonds. The molecule has 11 heavy (non-hydrogen) atoms. The van der Waals surface area contributed by atoms with Crippen molar-refractivity contribution in [3.05, 3.63) is 24.2 Å². The van der Waals surface area contributed by atoms with Gasteiger partial charge in [0.15, 0.2) is 0 Å². The van der Waals surface area contributed by atoms with Gasteiger partial charge in [-0.2, -0.15) is 0 Å². The first-order valence-corrected chi connectivity index (χ1v) is 3.59. The highest BCUT2D eigenvalue weighted by molar-refractivity contribution is 5.31. The second-order valence-electron chi connectivity index (χ2n) is 2.75. The minimum atomic E-state index is -0.367. The van der Waals surface area contributed by atoms with E-state index in [1.807, 2.05) is 13.8 Å². The number of hydrogen-bond acceptors (Lipinski definition) is 1. The molecule has 0 N–H and O–H groups in total. The zero-order chi connectivity index (χ0) is 8.85. The number of hydrogen-bond donors (Lipinski definition) is 0. The molecule has 0 unspecified atom stereocenters. The molecule has 0 spiro atoms. The Kier molecular flexibility index (Phi) is 4.42. The number of nitrogens with zero attached hydrogens (tertiary/aromatic N) is 1. The summed E-state index contributed by atoms with van der Waals surface area (Å²) in [6.07, 6.45) is 1.77. The fourth-order valence-electron chi connectivity index (χ4n) is 0.742. The van der Waals surface area contributed by atoms with Crippen molar-refractivity contribution in [1.82, 2.24) is 0 Å². The maximum absolute atomic E-state index is 12.8. The first-order valence-electron chi connectivity index (χ1n) is 3.59. The van der Waals surface area contributed by atoms with E-state index in [1.165, 1.54) is 0 Å². The molecular weight excluding hydrogens is 141 g/mol. The summed E-state index contributed by atoms with van der Waals surface area (Å²) < 4.78 is 12.8. The van der Waals surface area contributed by atoms with Crippen LogP contribution in [0.15, 0.2) is 29.2 Å². The lowest BCUT2D eigenvalue weighted by molar-refractivity contribution is 0.593. The van der Waals surface area contributed by atoms with Gasteiger partial charge in [-0.05, 0) is 25.1 Å². The third-order valence-corrected chi connectivity index (χ3v) is 1.25. The zero-order valence-corrected chi connectivity index (χ0v) is 7.10. The molecule has 0 aromatic heterocycles. The molecule has 1 nitrogen and oxygen atoms in total. The highest BCUT2D eigenvalue weighted by Gasteiger charge is 2.03. The van der Waals surface area contributed by atoms with Crippen LogP contribution in [0.2, 0.25) is 0 Å². The first kappa shape index (κ1) is 10.1. The summed E-state index contributed by atoms with van der Waals surface area (Å²) in [5.74, 6) is 0.0231. The summed E-state index contributed by atoms with van der Waals surface area (Å²) in [7, 11) is 0. The van der Waals surface area contributed by atoms with Crippen LogP contribution in [0.5, 0.6) is 0 Å². The Hall–Kier alpha value is -0.920. The lowest BCUT2D eigenvalue weighted by Gasteiger charge is -2.04. The Balaban J connectivity index is 4.38. The van der Waals surface area contributed by atoms with Gasteiger partial charge in [0.05, 0.1) is 5.70 Å². The van der Waals surface area contributed by atoms with E-state index >= 15 is 0 Å². The van der Waals surface area contributed by atoms with Crippen molar-refractivity contribution in [2.24, 2.45) is 10.9 Å². The molecule has 0 rings (SSSR count). The predicted molar refractivity (Wildman–Crippen MR) is 47.3 cm³/mol. The van der Waals surface area contributed by atoms with E-state index in [4.69, 9.17) is 0 Å². The minimum Gasteiger partial charge on any atom is -0.266 e. The Morgan fingerprint density at radius 3 is 2.45 bits per heavy atom. The van der Waals surface area contributed by atoms with Gasteiger partial charge in [-0.25, -0.2) is 4.39 Å². The van der Waals surface area contributed by atoms with E-state index in [2.05, 4.69) is 18.3 Å². The number of aliphatic imine (C=N–C) groups is 1. The first-order chi connectivity index (χ1) is 5.11. The Labute approximate surface area is 67.3 Å². The second-order valence-corrected chi connectivity index (χ2v) is 2.75. The average molecular weight is 155 g/mol. The van der Waals surface area contributed by atoms with E-state index < -0.39 is 0 Å². The SMILES string of the molecule is C=C/C(F)=C(/CC(C)C)N=C. The van der Waals surface area contributed by atoms with Crippen molar-refractivity contribution in [3.63, 3.8) is 0 Å². The van der Waals surface area contributed by atoms with E-state index in [-0.39, 0.29) is 5.83 Å². The van der Waals surface area contributed by atoms with Crippen molar-refractivity contribution in [2.45, 2.75) is 20.3 Å². The van der Waals surface area contributed by atoms with E-state index in [0.29, 0.717) is 18.0 Å². The van der Waals surface area contributed by atoms with Crippen molar-refractivity contribution in [2.75, 3.05) is 0 Å². The van der Waals surface area contributed by atoms with Crippen LogP contribution in [0.25, 0.3) is 0 Å². The van der Waals surface area contributed by atoms with Crippen molar-refractivity contribution in [1.29, 1.82) is 0 Å². The molecule has 0 aromatic rings. The van der Waals surface area contributed by atoms with Crippen LogP contribution >= 0.6 is 0 Å². The number of rotatable bonds is 4. The quantitative estimate of drug-likeness (QED) is 0.437. The van der Waals surface area contributed by atoms with Crippen LogP contribution in [-0.4, -0.2) is 6.72 Å². The highest BCUT2D eigenvalue weighted by atomic mass is 19.1. The van der Waals surface area contributed by atoms with Gasteiger partial charge in [0, 0.05) is 0 Å². The molecule has 0 aliphatic carbocycles. The van der Waals surface area contributed by atoms with Gasteiger partial charge < -0.3 is 0 Å². The van der Waals surface area contributed by atoms with Crippen LogP contribution in [0, 0.1) is 5.92 Å². The molecule has 0 bridgehead atoms. The highest BCUT2D eigenvalue weighted by Crippen LogP contribution is 2.17. The summed E-state index contributed by atoms with van der Waals surface area (Å²) in [6, 6.07) is 0. The molecule has 0 aromatic carbocycles. The normalized spacial score (nSPS) is 12.7. The van der Waals surface area contributed by atoms with E-state index in [1.54, 1.807) is 0 Å². The fourth-order valence-corrected chi connectivity index (χ4v) is 0.742. The number of allylic oxidation sites excluding steroid dienone is 3. The summed E-state index contributed by atoms with van der Waals surface area (Å²) in [4.78, 5) is 3.58. The molecule has 0 radical (unpaired) electrons. The Morgan fingerprint density at radius 1 is 1.64 bits per heavy atom. The molecule has 0 heterocycles. The van der Waals surface area contributed by atoms with Gasteiger partial charge in [-0.3, -0.25) is 4.99 Å². The zero-order valence-electron chi connectivity index (χ0n) is 7.10. The van der Waals surface area contributed by atoms with Crippen LogP contribution in [0.1, 0.15) is 20.3 Å². The Morgan fingerprint density at radius 2 is 2.18 bits per heavy atom. The van der Waals surface area contributed by atoms with Gasteiger partial charge in [0.25, 0.3) is 0 Å². The van der Waals surface area contributed by atoms with Gasteiger partial charge in [0.2, 0.25) is 0 Å². The fraction of sp³-hybridized carbons (Fsp3) is 0.444. The maximum Gasteiger partial charge on any atom is 0.144 e.